The Labute approximate surface area is 118 Å². The van der Waals surface area contributed by atoms with Crippen molar-refractivity contribution in [2.24, 2.45) is 17.8 Å². The second-order valence-electron chi connectivity index (χ2n) is 6.81. The van der Waals surface area contributed by atoms with E-state index in [2.05, 4.69) is 33.1 Å². The van der Waals surface area contributed by atoms with Gasteiger partial charge in [-0.05, 0) is 50.5 Å². The summed E-state index contributed by atoms with van der Waals surface area (Å²) in [5, 5.41) is 3.59. The second-order valence-corrected chi connectivity index (χ2v) is 6.81. The van der Waals surface area contributed by atoms with E-state index in [1.54, 1.807) is 0 Å². The van der Waals surface area contributed by atoms with Gasteiger partial charge in [0.15, 0.2) is 0 Å². The van der Waals surface area contributed by atoms with Gasteiger partial charge in [-0.1, -0.05) is 20.8 Å². The first-order chi connectivity index (χ1) is 9.08. The monoisotopic (exact) mass is 269 g/mol. The van der Waals surface area contributed by atoms with E-state index in [0.717, 1.165) is 44.5 Å². The Bertz CT molecular complexity index is 268. The zero-order valence-electron chi connectivity index (χ0n) is 13.1. The molecule has 3 unspecified atom stereocenters. The van der Waals surface area contributed by atoms with E-state index in [0.29, 0.717) is 12.0 Å². The fourth-order valence-electron chi connectivity index (χ4n) is 3.81. The first-order valence-corrected chi connectivity index (χ1v) is 7.97. The maximum Gasteiger partial charge on any atom is 0.0729 e. The van der Waals surface area contributed by atoms with Gasteiger partial charge in [-0.25, -0.2) is 0 Å². The number of nitrogens with one attached hydrogen (secondary N) is 1. The molecule has 0 saturated carbocycles. The lowest BCUT2D eigenvalue weighted by Crippen LogP contribution is -2.51. The molecular formula is C16H31NO2. The van der Waals surface area contributed by atoms with E-state index in [1.807, 2.05) is 0 Å². The summed E-state index contributed by atoms with van der Waals surface area (Å²) in [6.07, 6.45) is 4.57. The third-order valence-electron chi connectivity index (χ3n) is 5.39. The number of hydrogen-bond donors (Lipinski definition) is 1. The molecule has 2 aliphatic heterocycles. The average molecular weight is 269 g/mol. The van der Waals surface area contributed by atoms with Crippen molar-refractivity contribution in [3.05, 3.63) is 0 Å². The highest BCUT2D eigenvalue weighted by Gasteiger charge is 2.42. The Morgan fingerprint density at radius 2 is 1.79 bits per heavy atom. The van der Waals surface area contributed by atoms with Crippen LogP contribution < -0.4 is 5.32 Å². The lowest BCUT2D eigenvalue weighted by Gasteiger charge is -2.46. The summed E-state index contributed by atoms with van der Waals surface area (Å²) in [5.74, 6) is 2.19. The summed E-state index contributed by atoms with van der Waals surface area (Å²) in [6, 6.07) is 0.614. The van der Waals surface area contributed by atoms with Crippen LogP contribution in [0.2, 0.25) is 0 Å². The summed E-state index contributed by atoms with van der Waals surface area (Å²) in [5.41, 5.74) is 0.118. The molecule has 2 saturated heterocycles. The van der Waals surface area contributed by atoms with Crippen LogP contribution in [0.1, 0.15) is 46.5 Å². The molecule has 112 valence electrons. The molecule has 19 heavy (non-hydrogen) atoms. The molecule has 0 radical (unpaired) electrons. The molecule has 3 heteroatoms. The van der Waals surface area contributed by atoms with Gasteiger partial charge in [0.2, 0.25) is 0 Å². The zero-order chi connectivity index (χ0) is 13.9. The largest absolute Gasteiger partial charge is 0.381 e. The van der Waals surface area contributed by atoms with Crippen molar-refractivity contribution in [2.75, 3.05) is 26.9 Å². The van der Waals surface area contributed by atoms with Gasteiger partial charge in [0, 0.05) is 25.9 Å². The highest BCUT2D eigenvalue weighted by Crippen LogP contribution is 2.40. The predicted octanol–water partition coefficient (Wildman–Crippen LogP) is 2.84. The molecule has 2 fully saturated rings. The summed E-state index contributed by atoms with van der Waals surface area (Å²) in [6.45, 7) is 9.72. The van der Waals surface area contributed by atoms with Crippen molar-refractivity contribution in [3.8, 4) is 0 Å². The lowest BCUT2D eigenvalue weighted by atomic mass is 9.73. The van der Waals surface area contributed by atoms with Crippen LogP contribution in [0.25, 0.3) is 0 Å². The fraction of sp³-hybridized carbons (Fsp3) is 1.00. The summed E-state index contributed by atoms with van der Waals surface area (Å²) in [4.78, 5) is 0. The minimum Gasteiger partial charge on any atom is -0.381 e. The lowest BCUT2D eigenvalue weighted by molar-refractivity contribution is -0.152. The van der Waals surface area contributed by atoms with E-state index >= 15 is 0 Å². The molecule has 0 bridgehead atoms. The summed E-state index contributed by atoms with van der Waals surface area (Å²) >= 11 is 0. The molecule has 0 aromatic carbocycles. The Balaban J connectivity index is 2.02. The Morgan fingerprint density at radius 3 is 2.37 bits per heavy atom. The molecule has 3 atom stereocenters. The predicted molar refractivity (Wildman–Crippen MR) is 78.3 cm³/mol. The van der Waals surface area contributed by atoms with Gasteiger partial charge in [0.25, 0.3) is 0 Å². The van der Waals surface area contributed by atoms with Crippen molar-refractivity contribution in [2.45, 2.75) is 58.1 Å². The summed E-state index contributed by atoms with van der Waals surface area (Å²) in [7, 11) is 2.12. The van der Waals surface area contributed by atoms with Gasteiger partial charge in [-0.2, -0.15) is 0 Å². The molecule has 2 heterocycles. The summed E-state index contributed by atoms with van der Waals surface area (Å²) < 4.78 is 11.7. The molecule has 0 aliphatic carbocycles. The van der Waals surface area contributed by atoms with Gasteiger partial charge < -0.3 is 14.8 Å². The van der Waals surface area contributed by atoms with E-state index < -0.39 is 0 Å². The van der Waals surface area contributed by atoms with Crippen molar-refractivity contribution < 1.29 is 9.47 Å². The van der Waals surface area contributed by atoms with Crippen LogP contribution in [0, 0.1) is 17.8 Å². The minimum atomic E-state index is 0.118. The Hall–Kier alpha value is -0.120. The van der Waals surface area contributed by atoms with Crippen molar-refractivity contribution in [3.63, 3.8) is 0 Å². The molecule has 0 aromatic rings. The van der Waals surface area contributed by atoms with Gasteiger partial charge in [0.1, 0.15) is 0 Å². The van der Waals surface area contributed by atoms with Crippen LogP contribution in [0.5, 0.6) is 0 Å². The molecule has 1 N–H and O–H groups in total. The molecule has 0 amide bonds. The fourth-order valence-corrected chi connectivity index (χ4v) is 3.81. The first-order valence-electron chi connectivity index (χ1n) is 7.97. The van der Waals surface area contributed by atoms with Gasteiger partial charge in [0.05, 0.1) is 5.60 Å². The average Bonchev–Trinajstić information content (AvgIpc) is 2.40. The van der Waals surface area contributed by atoms with Crippen molar-refractivity contribution in [1.29, 1.82) is 0 Å². The Morgan fingerprint density at radius 1 is 1.11 bits per heavy atom. The van der Waals surface area contributed by atoms with Crippen LogP contribution in [-0.2, 0) is 9.47 Å². The zero-order valence-corrected chi connectivity index (χ0v) is 13.1. The number of ether oxygens (including phenoxy) is 2. The topological polar surface area (TPSA) is 30.5 Å². The molecule has 3 nitrogen and oxygen atoms in total. The molecule has 2 aliphatic rings. The molecule has 0 aromatic heterocycles. The van der Waals surface area contributed by atoms with E-state index in [4.69, 9.17) is 9.47 Å². The normalized spacial score (nSPS) is 30.5. The molecule has 2 rings (SSSR count). The highest BCUT2D eigenvalue weighted by atomic mass is 16.5. The Kier molecular flexibility index (Phi) is 5.27. The smallest absolute Gasteiger partial charge is 0.0729 e. The van der Waals surface area contributed by atoms with Crippen LogP contribution >= 0.6 is 0 Å². The van der Waals surface area contributed by atoms with E-state index in [9.17, 15) is 0 Å². The van der Waals surface area contributed by atoms with Gasteiger partial charge in [-0.3, -0.25) is 0 Å². The molecule has 1 spiro atoms. The second kappa shape index (κ2) is 6.55. The van der Waals surface area contributed by atoms with Gasteiger partial charge >= 0.3 is 0 Å². The highest BCUT2D eigenvalue weighted by molar-refractivity contribution is 4.94. The van der Waals surface area contributed by atoms with Crippen molar-refractivity contribution >= 4 is 0 Å². The molecular weight excluding hydrogens is 238 g/mol. The first kappa shape index (κ1) is 15.3. The standard InChI is InChI=1S/C16H31NO2/c1-12(2)13(3)15(17-4)14-5-8-19-16(11-14)6-9-18-10-7-16/h12-15,17H,5-11H2,1-4H3. The SMILES string of the molecule is CNC(C1CCOC2(CCOCC2)C1)C(C)C(C)C. The third kappa shape index (κ3) is 3.50. The van der Waals surface area contributed by atoms with Crippen LogP contribution in [0.3, 0.4) is 0 Å². The maximum atomic E-state index is 6.16. The number of rotatable bonds is 4. The quantitative estimate of drug-likeness (QED) is 0.851. The minimum absolute atomic E-state index is 0.118. The third-order valence-corrected chi connectivity index (χ3v) is 5.39. The van der Waals surface area contributed by atoms with Gasteiger partial charge in [-0.15, -0.1) is 0 Å². The number of hydrogen-bond acceptors (Lipinski definition) is 3. The van der Waals surface area contributed by atoms with Crippen LogP contribution in [0.15, 0.2) is 0 Å². The maximum absolute atomic E-state index is 6.16. The van der Waals surface area contributed by atoms with E-state index in [1.165, 1.54) is 12.8 Å². The van der Waals surface area contributed by atoms with E-state index in [-0.39, 0.29) is 5.60 Å². The van der Waals surface area contributed by atoms with Crippen LogP contribution in [0.4, 0.5) is 0 Å². The van der Waals surface area contributed by atoms with Crippen LogP contribution in [-0.4, -0.2) is 38.5 Å². The van der Waals surface area contributed by atoms with Crippen molar-refractivity contribution in [1.82, 2.24) is 5.32 Å².